The number of esters is 1. The monoisotopic (exact) mass is 158 g/mol. The van der Waals surface area contributed by atoms with E-state index in [2.05, 4.69) is 13.8 Å². The first-order chi connectivity index (χ1) is 5.13. The highest BCUT2D eigenvalue weighted by Gasteiger charge is 2.19. The van der Waals surface area contributed by atoms with Gasteiger partial charge in [-0.2, -0.15) is 0 Å². The molecule has 0 aromatic heterocycles. The number of carbonyl (C=O) groups excluding carboxylic acids is 1. The Morgan fingerprint density at radius 2 is 1.91 bits per heavy atom. The van der Waals surface area contributed by atoms with E-state index in [-0.39, 0.29) is 11.9 Å². The van der Waals surface area contributed by atoms with Crippen LogP contribution in [0.1, 0.15) is 34.1 Å². The Labute approximate surface area is 68.9 Å². The van der Waals surface area contributed by atoms with E-state index in [1.54, 1.807) is 0 Å². The van der Waals surface area contributed by atoms with E-state index in [0.29, 0.717) is 12.5 Å². The molecule has 0 radical (unpaired) electrons. The summed E-state index contributed by atoms with van der Waals surface area (Å²) in [6.07, 6.45) is 1.03. The molecule has 0 aliphatic carbocycles. The van der Waals surface area contributed by atoms with Crippen molar-refractivity contribution in [3.63, 3.8) is 0 Å². The minimum atomic E-state index is -0.0677. The van der Waals surface area contributed by atoms with E-state index in [1.165, 1.54) is 0 Å². The summed E-state index contributed by atoms with van der Waals surface area (Å²) in [7, 11) is 0. The highest BCUT2D eigenvalue weighted by atomic mass is 16.5. The lowest BCUT2D eigenvalue weighted by atomic mass is 9.94. The van der Waals surface area contributed by atoms with Gasteiger partial charge in [0.25, 0.3) is 0 Å². The van der Waals surface area contributed by atoms with Crippen molar-refractivity contribution in [3.8, 4) is 0 Å². The maximum Gasteiger partial charge on any atom is 0.308 e. The first-order valence-corrected chi connectivity index (χ1v) is 4.30. The zero-order valence-electron chi connectivity index (χ0n) is 7.89. The summed E-state index contributed by atoms with van der Waals surface area (Å²) in [5, 5.41) is 0. The van der Waals surface area contributed by atoms with Gasteiger partial charge in [-0.1, -0.05) is 27.2 Å². The van der Waals surface area contributed by atoms with Gasteiger partial charge >= 0.3 is 5.97 Å². The Hall–Kier alpha value is -0.530. The fraction of sp³-hybridized carbons (Fsp3) is 0.889. The van der Waals surface area contributed by atoms with Gasteiger partial charge in [-0.05, 0) is 12.8 Å². The summed E-state index contributed by atoms with van der Waals surface area (Å²) < 4.78 is 4.89. The Morgan fingerprint density at radius 1 is 1.36 bits per heavy atom. The molecule has 0 aromatic carbocycles. The van der Waals surface area contributed by atoms with Crippen LogP contribution in [-0.4, -0.2) is 12.6 Å². The molecular formula is C9H18O2. The molecule has 0 amide bonds. The average Bonchev–Trinajstić information content (AvgIpc) is 2.02. The van der Waals surface area contributed by atoms with E-state index < -0.39 is 0 Å². The van der Waals surface area contributed by atoms with Gasteiger partial charge < -0.3 is 4.74 Å². The summed E-state index contributed by atoms with van der Waals surface area (Å²) in [4.78, 5) is 11.1. The third kappa shape index (κ3) is 3.40. The van der Waals surface area contributed by atoms with Crippen LogP contribution in [0.4, 0.5) is 0 Å². The molecule has 0 heterocycles. The number of hydrogen-bond acceptors (Lipinski definition) is 2. The van der Waals surface area contributed by atoms with Gasteiger partial charge in [-0.15, -0.1) is 0 Å². The lowest BCUT2D eigenvalue weighted by molar-refractivity contribution is -0.149. The SMILES string of the molecule is CCOC(=O)[C@@H](C)C(C)CC. The van der Waals surface area contributed by atoms with Crippen LogP contribution < -0.4 is 0 Å². The van der Waals surface area contributed by atoms with E-state index in [0.717, 1.165) is 6.42 Å². The number of carbonyl (C=O) groups is 1. The minimum absolute atomic E-state index is 0.0416. The van der Waals surface area contributed by atoms with Crippen LogP contribution in [0, 0.1) is 11.8 Å². The van der Waals surface area contributed by atoms with Crippen molar-refractivity contribution in [3.05, 3.63) is 0 Å². The highest BCUT2D eigenvalue weighted by Crippen LogP contribution is 2.15. The maximum atomic E-state index is 11.1. The van der Waals surface area contributed by atoms with Crippen LogP contribution in [0.25, 0.3) is 0 Å². The summed E-state index contributed by atoms with van der Waals surface area (Å²) in [6, 6.07) is 0. The number of hydrogen-bond donors (Lipinski definition) is 0. The van der Waals surface area contributed by atoms with Crippen LogP contribution >= 0.6 is 0 Å². The van der Waals surface area contributed by atoms with Crippen LogP contribution in [0.5, 0.6) is 0 Å². The minimum Gasteiger partial charge on any atom is -0.466 e. The fourth-order valence-corrected chi connectivity index (χ4v) is 0.860. The Balaban J connectivity index is 3.80. The van der Waals surface area contributed by atoms with Crippen molar-refractivity contribution in [2.75, 3.05) is 6.61 Å². The molecule has 0 fully saturated rings. The van der Waals surface area contributed by atoms with Crippen molar-refractivity contribution < 1.29 is 9.53 Å². The Bertz CT molecular complexity index is 121. The fourth-order valence-electron chi connectivity index (χ4n) is 0.860. The van der Waals surface area contributed by atoms with Gasteiger partial charge in [-0.3, -0.25) is 4.79 Å². The zero-order chi connectivity index (χ0) is 8.85. The van der Waals surface area contributed by atoms with Crippen LogP contribution in [0.2, 0.25) is 0 Å². The van der Waals surface area contributed by atoms with Gasteiger partial charge in [0.1, 0.15) is 0 Å². The van der Waals surface area contributed by atoms with E-state index in [9.17, 15) is 4.79 Å². The number of rotatable bonds is 4. The van der Waals surface area contributed by atoms with Crippen LogP contribution in [0.15, 0.2) is 0 Å². The molecule has 66 valence electrons. The predicted octanol–water partition coefficient (Wildman–Crippen LogP) is 2.23. The van der Waals surface area contributed by atoms with Crippen molar-refractivity contribution in [1.82, 2.24) is 0 Å². The Kier molecular flexibility index (Phi) is 4.92. The van der Waals surface area contributed by atoms with Crippen molar-refractivity contribution in [2.45, 2.75) is 34.1 Å². The highest BCUT2D eigenvalue weighted by molar-refractivity contribution is 5.72. The molecule has 11 heavy (non-hydrogen) atoms. The molecule has 2 nitrogen and oxygen atoms in total. The summed E-state index contributed by atoms with van der Waals surface area (Å²) in [5.41, 5.74) is 0. The average molecular weight is 158 g/mol. The zero-order valence-corrected chi connectivity index (χ0v) is 7.89. The second kappa shape index (κ2) is 5.16. The largest absolute Gasteiger partial charge is 0.466 e. The molecule has 0 aromatic rings. The molecule has 0 saturated carbocycles. The topological polar surface area (TPSA) is 26.3 Å². The second-order valence-corrected chi connectivity index (χ2v) is 2.93. The van der Waals surface area contributed by atoms with Crippen LogP contribution in [0.3, 0.4) is 0 Å². The lowest BCUT2D eigenvalue weighted by Crippen LogP contribution is -2.20. The molecule has 0 bridgehead atoms. The molecule has 0 aliphatic rings. The summed E-state index contributed by atoms with van der Waals surface area (Å²) in [5.74, 6) is 0.399. The van der Waals surface area contributed by atoms with E-state index >= 15 is 0 Å². The first kappa shape index (κ1) is 10.5. The third-order valence-corrected chi connectivity index (χ3v) is 2.16. The van der Waals surface area contributed by atoms with E-state index in [1.807, 2.05) is 13.8 Å². The predicted molar refractivity (Wildman–Crippen MR) is 45.3 cm³/mol. The standard InChI is InChI=1S/C9H18O2/c1-5-7(3)8(4)9(10)11-6-2/h7-8H,5-6H2,1-4H3/t7?,8-/m0/s1. The Morgan fingerprint density at radius 3 is 2.27 bits per heavy atom. The molecule has 2 heteroatoms. The lowest BCUT2D eigenvalue weighted by Gasteiger charge is -2.15. The molecule has 0 saturated heterocycles. The smallest absolute Gasteiger partial charge is 0.308 e. The molecule has 0 N–H and O–H groups in total. The first-order valence-electron chi connectivity index (χ1n) is 4.30. The molecule has 2 atom stereocenters. The van der Waals surface area contributed by atoms with Gasteiger partial charge in [0.15, 0.2) is 0 Å². The van der Waals surface area contributed by atoms with E-state index in [4.69, 9.17) is 4.74 Å². The van der Waals surface area contributed by atoms with Crippen molar-refractivity contribution in [2.24, 2.45) is 11.8 Å². The van der Waals surface area contributed by atoms with Gasteiger partial charge in [0, 0.05) is 0 Å². The normalized spacial score (nSPS) is 15.6. The molecule has 0 aliphatic heterocycles. The third-order valence-electron chi connectivity index (χ3n) is 2.16. The van der Waals surface area contributed by atoms with Gasteiger partial charge in [0.2, 0.25) is 0 Å². The van der Waals surface area contributed by atoms with Crippen molar-refractivity contribution >= 4 is 5.97 Å². The molecule has 1 unspecified atom stereocenters. The summed E-state index contributed by atoms with van der Waals surface area (Å²) >= 11 is 0. The van der Waals surface area contributed by atoms with Crippen molar-refractivity contribution in [1.29, 1.82) is 0 Å². The van der Waals surface area contributed by atoms with Crippen LogP contribution in [-0.2, 0) is 9.53 Å². The van der Waals surface area contributed by atoms with Gasteiger partial charge in [0.05, 0.1) is 12.5 Å². The molecule has 0 rings (SSSR count). The molecular weight excluding hydrogens is 140 g/mol. The van der Waals surface area contributed by atoms with Gasteiger partial charge in [-0.25, -0.2) is 0 Å². The number of ether oxygens (including phenoxy) is 1. The quantitative estimate of drug-likeness (QED) is 0.586. The summed E-state index contributed by atoms with van der Waals surface area (Å²) in [6.45, 7) is 8.40. The molecule has 0 spiro atoms. The maximum absolute atomic E-state index is 11.1. The second-order valence-electron chi connectivity index (χ2n) is 2.93.